The average molecular weight is 415 g/mol. The molecule has 2 unspecified atom stereocenters. The van der Waals surface area contributed by atoms with Crippen LogP contribution in [0.1, 0.15) is 83.8 Å². The van der Waals surface area contributed by atoms with Crippen molar-refractivity contribution in [3.63, 3.8) is 0 Å². The molecule has 1 aromatic rings. The number of amides is 1. The van der Waals surface area contributed by atoms with Crippen LogP contribution in [0.2, 0.25) is 0 Å². The van der Waals surface area contributed by atoms with Gasteiger partial charge in [0, 0.05) is 13.1 Å². The number of hydrogen-bond donors (Lipinski definition) is 2. The lowest BCUT2D eigenvalue weighted by Gasteiger charge is -2.42. The molecular weight excluding hydrogens is 376 g/mol. The number of phenols is 1. The molecule has 5 nitrogen and oxygen atoms in total. The lowest BCUT2D eigenvalue weighted by Crippen LogP contribution is -2.44. The van der Waals surface area contributed by atoms with Gasteiger partial charge in [-0.1, -0.05) is 46.5 Å². The number of hydrogen-bond acceptors (Lipinski definition) is 4. The molecule has 166 valence electrons. The van der Waals surface area contributed by atoms with E-state index in [0.29, 0.717) is 18.4 Å². The van der Waals surface area contributed by atoms with Gasteiger partial charge in [0.05, 0.1) is 12.1 Å². The maximum Gasteiger partial charge on any atom is 0.231 e. The Balaban J connectivity index is 1.93. The van der Waals surface area contributed by atoms with Gasteiger partial charge in [-0.3, -0.25) is 9.69 Å². The van der Waals surface area contributed by atoms with Crippen molar-refractivity contribution >= 4 is 11.5 Å². The monoisotopic (exact) mass is 414 g/mol. The molecule has 1 amide bonds. The van der Waals surface area contributed by atoms with Gasteiger partial charge in [-0.2, -0.15) is 0 Å². The van der Waals surface area contributed by atoms with Gasteiger partial charge in [-0.05, 0) is 60.9 Å². The summed E-state index contributed by atoms with van der Waals surface area (Å²) >= 11 is 0. The molecule has 2 heterocycles. The van der Waals surface area contributed by atoms with E-state index in [1.165, 1.54) is 31.3 Å². The first-order valence-electron chi connectivity index (χ1n) is 11.4. The fourth-order valence-corrected chi connectivity index (χ4v) is 4.97. The van der Waals surface area contributed by atoms with E-state index in [0.717, 1.165) is 35.4 Å². The van der Waals surface area contributed by atoms with Crippen molar-refractivity contribution in [1.82, 2.24) is 4.90 Å². The summed E-state index contributed by atoms with van der Waals surface area (Å²) in [6.07, 6.45) is 5.74. The zero-order valence-electron chi connectivity index (χ0n) is 19.3. The van der Waals surface area contributed by atoms with Gasteiger partial charge < -0.3 is 15.6 Å². The maximum atomic E-state index is 11.4. The van der Waals surface area contributed by atoms with Crippen LogP contribution in [-0.4, -0.2) is 41.1 Å². The standard InChI is InChI=1S/C25H38N2O3/c1-6-7-8-9-16(2)17(3)18-12-21(28)24-19-14-27(15-23(26)29)11-10-20(19)25(4,5)30-22(24)13-18/h12-13,16-17,28H,6-11,14-15H2,1-5H3,(H2,26,29). The fourth-order valence-electron chi connectivity index (χ4n) is 4.97. The molecule has 1 aromatic carbocycles. The molecule has 0 spiro atoms. The highest BCUT2D eigenvalue weighted by molar-refractivity contribution is 5.83. The summed E-state index contributed by atoms with van der Waals surface area (Å²) in [4.78, 5) is 13.5. The second-order valence-corrected chi connectivity index (χ2v) is 9.67. The minimum Gasteiger partial charge on any atom is -0.507 e. The van der Waals surface area contributed by atoms with Crippen molar-refractivity contribution in [2.75, 3.05) is 19.6 Å². The van der Waals surface area contributed by atoms with Crippen molar-refractivity contribution in [2.24, 2.45) is 11.7 Å². The van der Waals surface area contributed by atoms with Gasteiger partial charge in [0.2, 0.25) is 5.91 Å². The molecular formula is C25H38N2O3. The fraction of sp³-hybridized carbons (Fsp3) is 0.640. The average Bonchev–Trinajstić information content (AvgIpc) is 2.65. The third-order valence-corrected chi connectivity index (χ3v) is 6.94. The van der Waals surface area contributed by atoms with Crippen LogP contribution in [0.5, 0.6) is 11.5 Å². The Morgan fingerprint density at radius 3 is 2.70 bits per heavy atom. The van der Waals surface area contributed by atoms with Gasteiger partial charge >= 0.3 is 0 Å². The van der Waals surface area contributed by atoms with E-state index in [-0.39, 0.29) is 18.2 Å². The van der Waals surface area contributed by atoms with Crippen molar-refractivity contribution in [1.29, 1.82) is 0 Å². The largest absolute Gasteiger partial charge is 0.507 e. The Morgan fingerprint density at radius 2 is 2.03 bits per heavy atom. The zero-order valence-corrected chi connectivity index (χ0v) is 19.3. The normalized spacial score (nSPS) is 20.2. The number of benzene rings is 1. The highest BCUT2D eigenvalue weighted by Crippen LogP contribution is 2.49. The molecule has 0 fully saturated rings. The van der Waals surface area contributed by atoms with Crippen LogP contribution in [0.25, 0.3) is 5.57 Å². The van der Waals surface area contributed by atoms with E-state index in [1.807, 2.05) is 6.07 Å². The van der Waals surface area contributed by atoms with Crippen LogP contribution < -0.4 is 10.5 Å². The molecule has 30 heavy (non-hydrogen) atoms. The Kier molecular flexibility index (Phi) is 6.81. The van der Waals surface area contributed by atoms with Gasteiger partial charge in [-0.25, -0.2) is 0 Å². The maximum absolute atomic E-state index is 11.4. The summed E-state index contributed by atoms with van der Waals surface area (Å²) in [5, 5.41) is 11.0. The number of unbranched alkanes of at least 4 members (excludes halogenated alkanes) is 2. The third kappa shape index (κ3) is 4.66. The second kappa shape index (κ2) is 9.01. The quantitative estimate of drug-likeness (QED) is 0.598. The molecule has 2 aliphatic rings. The number of phenolic OH excluding ortho intramolecular Hbond substituents is 1. The number of ether oxygens (including phenoxy) is 1. The van der Waals surface area contributed by atoms with Crippen molar-refractivity contribution in [3.8, 4) is 11.5 Å². The Hall–Kier alpha value is -2.01. The number of aromatic hydroxyl groups is 1. The summed E-state index contributed by atoms with van der Waals surface area (Å²) in [5.41, 5.74) is 9.20. The number of carbonyl (C=O) groups excluding carboxylic acids is 1. The summed E-state index contributed by atoms with van der Waals surface area (Å²) in [6, 6.07) is 4.04. The van der Waals surface area contributed by atoms with E-state index in [4.69, 9.17) is 10.5 Å². The Labute approximate surface area is 181 Å². The lowest BCUT2D eigenvalue weighted by atomic mass is 9.79. The van der Waals surface area contributed by atoms with Gasteiger partial charge in [0.1, 0.15) is 17.1 Å². The molecule has 2 aliphatic heterocycles. The summed E-state index contributed by atoms with van der Waals surface area (Å²) in [6.45, 7) is 12.6. The third-order valence-electron chi connectivity index (χ3n) is 6.94. The van der Waals surface area contributed by atoms with Crippen LogP contribution in [-0.2, 0) is 4.79 Å². The van der Waals surface area contributed by atoms with Gasteiger partial charge in [-0.15, -0.1) is 0 Å². The van der Waals surface area contributed by atoms with E-state index < -0.39 is 5.60 Å². The molecule has 0 saturated carbocycles. The minimum atomic E-state index is -0.428. The summed E-state index contributed by atoms with van der Waals surface area (Å²) < 4.78 is 6.43. The first kappa shape index (κ1) is 22.7. The molecule has 3 N–H and O–H groups in total. The molecule has 0 radical (unpaired) electrons. The zero-order chi connectivity index (χ0) is 22.1. The predicted octanol–water partition coefficient (Wildman–Crippen LogP) is 4.83. The molecule has 0 bridgehead atoms. The van der Waals surface area contributed by atoms with E-state index in [2.05, 4.69) is 45.6 Å². The number of nitrogens with two attached hydrogens (primary N) is 1. The first-order valence-corrected chi connectivity index (χ1v) is 11.4. The smallest absolute Gasteiger partial charge is 0.231 e. The number of nitrogens with zero attached hydrogens (tertiary/aromatic N) is 1. The Bertz CT molecular complexity index is 828. The van der Waals surface area contributed by atoms with E-state index in [1.54, 1.807) is 0 Å². The second-order valence-electron chi connectivity index (χ2n) is 9.67. The molecule has 0 aliphatic carbocycles. The predicted molar refractivity (Wildman–Crippen MR) is 122 cm³/mol. The van der Waals surface area contributed by atoms with Crippen molar-refractivity contribution in [2.45, 2.75) is 78.2 Å². The number of rotatable bonds is 8. The molecule has 2 atom stereocenters. The molecule has 5 heteroatoms. The van der Waals surface area contributed by atoms with Crippen LogP contribution in [0.3, 0.4) is 0 Å². The molecule has 3 rings (SSSR count). The van der Waals surface area contributed by atoms with Crippen LogP contribution in [0.15, 0.2) is 17.7 Å². The summed E-state index contributed by atoms with van der Waals surface area (Å²) in [5.74, 6) is 1.59. The molecule has 0 saturated heterocycles. The molecule has 0 aromatic heterocycles. The van der Waals surface area contributed by atoms with Crippen LogP contribution in [0.4, 0.5) is 0 Å². The van der Waals surface area contributed by atoms with Crippen molar-refractivity contribution in [3.05, 3.63) is 28.8 Å². The van der Waals surface area contributed by atoms with Crippen molar-refractivity contribution < 1.29 is 14.6 Å². The topological polar surface area (TPSA) is 75.8 Å². The van der Waals surface area contributed by atoms with E-state index >= 15 is 0 Å². The van der Waals surface area contributed by atoms with Gasteiger partial charge in [0.25, 0.3) is 0 Å². The first-order chi connectivity index (χ1) is 14.1. The van der Waals surface area contributed by atoms with Gasteiger partial charge in [0.15, 0.2) is 0 Å². The van der Waals surface area contributed by atoms with Crippen LogP contribution >= 0.6 is 0 Å². The number of carbonyl (C=O) groups is 1. The summed E-state index contributed by atoms with van der Waals surface area (Å²) in [7, 11) is 0. The van der Waals surface area contributed by atoms with Crippen LogP contribution in [0, 0.1) is 5.92 Å². The minimum absolute atomic E-state index is 0.235. The number of fused-ring (bicyclic) bond motifs is 2. The highest BCUT2D eigenvalue weighted by Gasteiger charge is 2.39. The lowest BCUT2D eigenvalue weighted by molar-refractivity contribution is -0.119. The van der Waals surface area contributed by atoms with E-state index in [9.17, 15) is 9.90 Å². The SMILES string of the molecule is CCCCCC(C)C(C)c1cc(O)c2c(c1)OC(C)(C)C1=C2CN(CC(N)=O)CC1. The highest BCUT2D eigenvalue weighted by atomic mass is 16.5. The Morgan fingerprint density at radius 1 is 1.30 bits per heavy atom. The number of primary amides is 1.